The predicted molar refractivity (Wildman–Crippen MR) is 50.0 cm³/mol. The maximum atomic E-state index is 11.6. The highest BCUT2D eigenvalue weighted by atomic mass is 16.1. The van der Waals surface area contributed by atoms with Crippen LogP contribution < -0.4 is 0 Å². The van der Waals surface area contributed by atoms with Crippen LogP contribution in [0.4, 0.5) is 0 Å². The lowest BCUT2D eigenvalue weighted by molar-refractivity contribution is 0.0853. The summed E-state index contributed by atoms with van der Waals surface area (Å²) in [6, 6.07) is 3.24. The van der Waals surface area contributed by atoms with Gasteiger partial charge in [-0.25, -0.2) is 0 Å². The molecule has 1 rings (SSSR count). The Morgan fingerprint density at radius 2 is 2.00 bits per heavy atom. The monoisotopic (exact) mass is 179 g/mol. The second-order valence-corrected chi connectivity index (χ2v) is 4.02. The maximum Gasteiger partial charge on any atom is 0.184 e. The van der Waals surface area contributed by atoms with Gasteiger partial charge in [0.25, 0.3) is 0 Å². The van der Waals surface area contributed by atoms with E-state index in [1.807, 2.05) is 20.8 Å². The number of H-pyrrole nitrogens is 1. The van der Waals surface area contributed by atoms with Crippen LogP contribution in [0.15, 0.2) is 12.1 Å². The van der Waals surface area contributed by atoms with Crippen molar-refractivity contribution >= 4 is 12.1 Å². The zero-order valence-corrected chi connectivity index (χ0v) is 8.05. The number of aromatic amines is 1. The molecule has 3 heteroatoms. The molecule has 0 aliphatic heterocycles. The quantitative estimate of drug-likeness (QED) is 0.558. The third-order valence-electron chi connectivity index (χ3n) is 1.76. The van der Waals surface area contributed by atoms with Crippen LogP contribution in [0.2, 0.25) is 0 Å². The smallest absolute Gasteiger partial charge is 0.184 e. The zero-order valence-electron chi connectivity index (χ0n) is 8.05. The summed E-state index contributed by atoms with van der Waals surface area (Å²) in [5, 5.41) is 0. The van der Waals surface area contributed by atoms with Gasteiger partial charge in [0.05, 0.1) is 11.4 Å². The van der Waals surface area contributed by atoms with Crippen molar-refractivity contribution < 1.29 is 9.59 Å². The van der Waals surface area contributed by atoms with Crippen LogP contribution in [-0.2, 0) is 0 Å². The minimum Gasteiger partial charge on any atom is -0.350 e. The molecule has 1 aromatic heterocycles. The Balaban J connectivity index is 2.96. The molecule has 0 fully saturated rings. The molecular formula is C10H13NO2. The van der Waals surface area contributed by atoms with Gasteiger partial charge >= 0.3 is 0 Å². The molecule has 0 amide bonds. The molecule has 0 aromatic carbocycles. The summed E-state index contributed by atoms with van der Waals surface area (Å²) in [6.45, 7) is 5.53. The Hall–Kier alpha value is -1.38. The molecule has 0 saturated heterocycles. The maximum absolute atomic E-state index is 11.6. The van der Waals surface area contributed by atoms with Gasteiger partial charge in [-0.2, -0.15) is 0 Å². The Labute approximate surface area is 77.2 Å². The predicted octanol–water partition coefficient (Wildman–Crippen LogP) is 2.06. The van der Waals surface area contributed by atoms with Crippen molar-refractivity contribution in [3.8, 4) is 0 Å². The lowest BCUT2D eigenvalue weighted by Crippen LogP contribution is -2.20. The average molecular weight is 179 g/mol. The van der Waals surface area contributed by atoms with E-state index < -0.39 is 5.41 Å². The second-order valence-electron chi connectivity index (χ2n) is 4.02. The molecular weight excluding hydrogens is 166 g/mol. The third-order valence-corrected chi connectivity index (χ3v) is 1.76. The second kappa shape index (κ2) is 3.17. The summed E-state index contributed by atoms with van der Waals surface area (Å²) < 4.78 is 0. The zero-order chi connectivity index (χ0) is 10.1. The highest BCUT2D eigenvalue weighted by Crippen LogP contribution is 2.19. The number of hydrogen-bond acceptors (Lipinski definition) is 2. The molecule has 0 spiro atoms. The molecule has 1 heterocycles. The number of aromatic nitrogens is 1. The normalized spacial score (nSPS) is 11.3. The first-order valence-corrected chi connectivity index (χ1v) is 4.14. The van der Waals surface area contributed by atoms with Crippen LogP contribution >= 0.6 is 0 Å². The fraction of sp³-hybridized carbons (Fsp3) is 0.400. The molecule has 0 bridgehead atoms. The highest BCUT2D eigenvalue weighted by Gasteiger charge is 2.23. The van der Waals surface area contributed by atoms with Crippen molar-refractivity contribution in [1.29, 1.82) is 0 Å². The lowest BCUT2D eigenvalue weighted by atomic mass is 9.89. The number of Topliss-reactive ketones (excluding diaryl/α,β-unsaturated/α-hetero) is 1. The van der Waals surface area contributed by atoms with Gasteiger partial charge in [-0.05, 0) is 12.1 Å². The molecule has 1 N–H and O–H groups in total. The summed E-state index contributed by atoms with van der Waals surface area (Å²) in [5.74, 6) is 0.0144. The Morgan fingerprint density at radius 1 is 1.38 bits per heavy atom. The van der Waals surface area contributed by atoms with Gasteiger partial charge in [0.15, 0.2) is 12.1 Å². The fourth-order valence-electron chi connectivity index (χ4n) is 1.02. The highest BCUT2D eigenvalue weighted by molar-refractivity contribution is 5.99. The molecule has 70 valence electrons. The van der Waals surface area contributed by atoms with E-state index in [2.05, 4.69) is 4.98 Å². The number of carbonyl (C=O) groups is 2. The van der Waals surface area contributed by atoms with Gasteiger partial charge in [0.2, 0.25) is 0 Å². The van der Waals surface area contributed by atoms with Gasteiger partial charge in [0.1, 0.15) is 0 Å². The average Bonchev–Trinajstić information content (AvgIpc) is 2.48. The molecule has 3 nitrogen and oxygen atoms in total. The standard InChI is InChI=1S/C10H13NO2/c1-10(2,3)9(13)8-5-4-7(6-12)11-8/h4-6,11H,1-3H3. The van der Waals surface area contributed by atoms with Crippen LogP contribution in [0.25, 0.3) is 0 Å². The summed E-state index contributed by atoms with van der Waals surface area (Å²) in [4.78, 5) is 24.7. The van der Waals surface area contributed by atoms with Crippen LogP contribution in [0.1, 0.15) is 41.7 Å². The SMILES string of the molecule is CC(C)(C)C(=O)c1ccc(C=O)[nH]1. The number of ketones is 1. The van der Waals surface area contributed by atoms with Gasteiger partial charge in [-0.3, -0.25) is 9.59 Å². The summed E-state index contributed by atoms with van der Waals surface area (Å²) >= 11 is 0. The molecule has 0 unspecified atom stereocenters. The van der Waals surface area contributed by atoms with Crippen LogP contribution in [-0.4, -0.2) is 17.1 Å². The molecule has 13 heavy (non-hydrogen) atoms. The van der Waals surface area contributed by atoms with Crippen molar-refractivity contribution in [2.45, 2.75) is 20.8 Å². The summed E-state index contributed by atoms with van der Waals surface area (Å²) in [7, 11) is 0. The number of aldehydes is 1. The van der Waals surface area contributed by atoms with E-state index in [1.165, 1.54) is 0 Å². The van der Waals surface area contributed by atoms with Gasteiger partial charge < -0.3 is 4.98 Å². The van der Waals surface area contributed by atoms with Crippen molar-refractivity contribution in [2.75, 3.05) is 0 Å². The lowest BCUT2D eigenvalue weighted by Gasteiger charge is -2.14. The number of carbonyl (C=O) groups excluding carboxylic acids is 2. The van der Waals surface area contributed by atoms with E-state index in [1.54, 1.807) is 12.1 Å². The van der Waals surface area contributed by atoms with Gasteiger partial charge in [-0.1, -0.05) is 20.8 Å². The number of rotatable bonds is 2. The van der Waals surface area contributed by atoms with E-state index in [9.17, 15) is 9.59 Å². The first-order chi connectivity index (χ1) is 5.95. The minimum absolute atomic E-state index is 0.0144. The topological polar surface area (TPSA) is 49.9 Å². The number of hydrogen-bond donors (Lipinski definition) is 1. The molecule has 0 aliphatic rings. The van der Waals surface area contributed by atoms with Crippen LogP contribution in [0, 0.1) is 5.41 Å². The van der Waals surface area contributed by atoms with Crippen molar-refractivity contribution in [3.63, 3.8) is 0 Å². The summed E-state index contributed by atoms with van der Waals surface area (Å²) in [5.41, 5.74) is 0.521. The van der Waals surface area contributed by atoms with Crippen molar-refractivity contribution in [2.24, 2.45) is 5.41 Å². The van der Waals surface area contributed by atoms with Gasteiger partial charge in [-0.15, -0.1) is 0 Å². The molecule has 0 atom stereocenters. The van der Waals surface area contributed by atoms with E-state index in [0.717, 1.165) is 0 Å². The molecule has 0 radical (unpaired) electrons. The first kappa shape index (κ1) is 9.71. The summed E-state index contributed by atoms with van der Waals surface area (Å²) in [6.07, 6.45) is 0.694. The fourth-order valence-corrected chi connectivity index (χ4v) is 1.02. The minimum atomic E-state index is -0.412. The number of nitrogens with one attached hydrogen (secondary N) is 1. The van der Waals surface area contributed by atoms with Crippen molar-refractivity contribution in [3.05, 3.63) is 23.5 Å². The molecule has 0 aliphatic carbocycles. The van der Waals surface area contributed by atoms with E-state index >= 15 is 0 Å². The molecule has 1 aromatic rings. The van der Waals surface area contributed by atoms with Crippen LogP contribution in [0.3, 0.4) is 0 Å². The van der Waals surface area contributed by atoms with Crippen molar-refractivity contribution in [1.82, 2.24) is 4.98 Å². The van der Waals surface area contributed by atoms with Crippen LogP contribution in [0.5, 0.6) is 0 Å². The Morgan fingerprint density at radius 3 is 2.38 bits per heavy atom. The molecule has 0 saturated carbocycles. The van der Waals surface area contributed by atoms with E-state index in [-0.39, 0.29) is 5.78 Å². The first-order valence-electron chi connectivity index (χ1n) is 4.14. The van der Waals surface area contributed by atoms with Gasteiger partial charge in [0, 0.05) is 5.41 Å². The van der Waals surface area contributed by atoms with E-state index in [0.29, 0.717) is 17.7 Å². The largest absolute Gasteiger partial charge is 0.350 e. The Bertz CT molecular complexity index is 331. The van der Waals surface area contributed by atoms with E-state index in [4.69, 9.17) is 0 Å². The Kier molecular flexibility index (Phi) is 2.36. The third kappa shape index (κ3) is 2.05.